The van der Waals surface area contributed by atoms with Crippen LogP contribution in [0.5, 0.6) is 5.75 Å². The minimum atomic E-state index is -3.47. The van der Waals surface area contributed by atoms with Gasteiger partial charge in [-0.15, -0.1) is 0 Å². The highest BCUT2D eigenvalue weighted by atomic mass is 32.2. The van der Waals surface area contributed by atoms with E-state index in [1.807, 2.05) is 6.92 Å². The number of carbonyl (C=O) groups excluding carboxylic acids is 1. The Labute approximate surface area is 119 Å². The van der Waals surface area contributed by atoms with E-state index in [1.54, 1.807) is 12.1 Å². The van der Waals surface area contributed by atoms with Gasteiger partial charge in [0.25, 0.3) is 5.91 Å². The SMILES string of the molecule is CCCCc1cc(NS(C)(=O)=O)c(OC)c(C(N)=O)c1. The lowest BCUT2D eigenvalue weighted by molar-refractivity contribution is 0.0997. The minimum Gasteiger partial charge on any atom is -0.494 e. The summed E-state index contributed by atoms with van der Waals surface area (Å²) in [4.78, 5) is 11.5. The van der Waals surface area contributed by atoms with Gasteiger partial charge >= 0.3 is 0 Å². The molecule has 112 valence electrons. The van der Waals surface area contributed by atoms with Crippen LogP contribution < -0.4 is 15.2 Å². The van der Waals surface area contributed by atoms with Crippen molar-refractivity contribution in [1.29, 1.82) is 0 Å². The van der Waals surface area contributed by atoms with Crippen molar-refractivity contribution in [3.8, 4) is 5.75 Å². The molecule has 1 amide bonds. The average Bonchev–Trinajstić information content (AvgIpc) is 2.33. The smallest absolute Gasteiger partial charge is 0.252 e. The average molecular weight is 300 g/mol. The fourth-order valence-electron chi connectivity index (χ4n) is 1.89. The topological polar surface area (TPSA) is 98.5 Å². The number of sulfonamides is 1. The van der Waals surface area contributed by atoms with E-state index in [1.165, 1.54) is 7.11 Å². The van der Waals surface area contributed by atoms with Crippen molar-refractivity contribution in [1.82, 2.24) is 0 Å². The summed E-state index contributed by atoms with van der Waals surface area (Å²) in [6, 6.07) is 3.31. The molecule has 1 aromatic carbocycles. The van der Waals surface area contributed by atoms with Gasteiger partial charge in [0.15, 0.2) is 5.75 Å². The van der Waals surface area contributed by atoms with Crippen LogP contribution in [-0.4, -0.2) is 27.7 Å². The zero-order valence-corrected chi connectivity index (χ0v) is 12.7. The third kappa shape index (κ3) is 4.41. The molecule has 0 aliphatic heterocycles. The predicted molar refractivity (Wildman–Crippen MR) is 78.6 cm³/mol. The summed E-state index contributed by atoms with van der Waals surface area (Å²) in [6.45, 7) is 2.05. The molecule has 0 aliphatic rings. The maximum absolute atomic E-state index is 11.5. The molecule has 1 rings (SSSR count). The third-order valence-corrected chi connectivity index (χ3v) is 3.32. The number of aryl methyl sites for hydroxylation is 1. The first-order valence-electron chi connectivity index (χ1n) is 6.27. The summed E-state index contributed by atoms with van der Waals surface area (Å²) in [5, 5.41) is 0. The number of nitrogens with two attached hydrogens (primary N) is 1. The van der Waals surface area contributed by atoms with Gasteiger partial charge in [-0.05, 0) is 30.5 Å². The summed E-state index contributed by atoms with van der Waals surface area (Å²) in [6.07, 6.45) is 3.70. The van der Waals surface area contributed by atoms with Crippen LogP contribution in [0.15, 0.2) is 12.1 Å². The van der Waals surface area contributed by atoms with Crippen LogP contribution in [0.2, 0.25) is 0 Å². The molecular weight excluding hydrogens is 280 g/mol. The summed E-state index contributed by atoms with van der Waals surface area (Å²) in [7, 11) is -2.11. The number of carbonyl (C=O) groups is 1. The van der Waals surface area contributed by atoms with Gasteiger partial charge in [-0.25, -0.2) is 8.42 Å². The van der Waals surface area contributed by atoms with E-state index in [-0.39, 0.29) is 17.0 Å². The van der Waals surface area contributed by atoms with Crippen molar-refractivity contribution in [2.45, 2.75) is 26.2 Å². The van der Waals surface area contributed by atoms with Gasteiger partial charge in [0.1, 0.15) is 0 Å². The van der Waals surface area contributed by atoms with Gasteiger partial charge < -0.3 is 10.5 Å². The molecule has 0 aromatic heterocycles. The summed E-state index contributed by atoms with van der Waals surface area (Å²) in [5.74, 6) is -0.514. The Hall–Kier alpha value is -1.76. The number of hydrogen-bond acceptors (Lipinski definition) is 4. The Morgan fingerprint density at radius 1 is 1.40 bits per heavy atom. The van der Waals surface area contributed by atoms with Crippen molar-refractivity contribution >= 4 is 21.6 Å². The molecule has 0 saturated carbocycles. The van der Waals surface area contributed by atoms with Crippen molar-refractivity contribution < 1.29 is 17.9 Å². The highest BCUT2D eigenvalue weighted by Crippen LogP contribution is 2.31. The van der Waals surface area contributed by atoms with Crippen LogP contribution in [0.1, 0.15) is 35.7 Å². The molecule has 0 radical (unpaired) electrons. The maximum Gasteiger partial charge on any atom is 0.252 e. The molecule has 0 saturated heterocycles. The minimum absolute atomic E-state index is 0.142. The van der Waals surface area contributed by atoms with Crippen molar-refractivity contribution in [3.63, 3.8) is 0 Å². The number of nitrogens with one attached hydrogen (secondary N) is 1. The normalized spacial score (nSPS) is 11.2. The summed E-state index contributed by atoms with van der Waals surface area (Å²) >= 11 is 0. The first-order valence-corrected chi connectivity index (χ1v) is 8.16. The van der Waals surface area contributed by atoms with E-state index in [0.29, 0.717) is 0 Å². The van der Waals surface area contributed by atoms with E-state index >= 15 is 0 Å². The van der Waals surface area contributed by atoms with Crippen LogP contribution in [-0.2, 0) is 16.4 Å². The Bertz CT molecular complexity index is 597. The zero-order valence-electron chi connectivity index (χ0n) is 11.9. The van der Waals surface area contributed by atoms with Gasteiger partial charge in [-0.1, -0.05) is 13.3 Å². The molecule has 0 heterocycles. The lowest BCUT2D eigenvalue weighted by Gasteiger charge is -2.15. The van der Waals surface area contributed by atoms with Crippen molar-refractivity contribution in [2.75, 3.05) is 18.1 Å². The standard InChI is InChI=1S/C13H20N2O4S/c1-4-5-6-9-7-10(13(14)16)12(19-2)11(8-9)15-20(3,17)18/h7-8,15H,4-6H2,1-3H3,(H2,14,16). The van der Waals surface area contributed by atoms with E-state index < -0.39 is 15.9 Å². The van der Waals surface area contributed by atoms with Crippen LogP contribution in [0.25, 0.3) is 0 Å². The van der Waals surface area contributed by atoms with Crippen molar-refractivity contribution in [3.05, 3.63) is 23.3 Å². The molecule has 1 aromatic rings. The predicted octanol–water partition coefficient (Wildman–Crippen LogP) is 1.51. The van der Waals surface area contributed by atoms with Crippen LogP contribution in [0.3, 0.4) is 0 Å². The number of ether oxygens (including phenoxy) is 1. The van der Waals surface area contributed by atoms with Gasteiger partial charge in [0, 0.05) is 0 Å². The number of amides is 1. The maximum atomic E-state index is 11.5. The molecular formula is C13H20N2O4S. The Balaban J connectivity index is 3.36. The first kappa shape index (κ1) is 16.3. The Morgan fingerprint density at radius 2 is 2.05 bits per heavy atom. The second-order valence-electron chi connectivity index (χ2n) is 4.57. The molecule has 0 atom stereocenters. The van der Waals surface area contributed by atoms with Gasteiger partial charge in [-0.3, -0.25) is 9.52 Å². The van der Waals surface area contributed by atoms with E-state index in [9.17, 15) is 13.2 Å². The lowest BCUT2D eigenvalue weighted by Crippen LogP contribution is -2.16. The molecule has 0 bridgehead atoms. The number of methoxy groups -OCH3 is 1. The molecule has 3 N–H and O–H groups in total. The van der Waals surface area contributed by atoms with E-state index in [4.69, 9.17) is 10.5 Å². The van der Waals surface area contributed by atoms with Crippen LogP contribution >= 0.6 is 0 Å². The third-order valence-electron chi connectivity index (χ3n) is 2.73. The quantitative estimate of drug-likeness (QED) is 0.797. The monoisotopic (exact) mass is 300 g/mol. The fourth-order valence-corrected chi connectivity index (χ4v) is 2.44. The van der Waals surface area contributed by atoms with Crippen LogP contribution in [0.4, 0.5) is 5.69 Å². The summed E-state index contributed by atoms with van der Waals surface area (Å²) in [5.41, 5.74) is 6.57. The van der Waals surface area contributed by atoms with Gasteiger partial charge in [0.2, 0.25) is 10.0 Å². The van der Waals surface area contributed by atoms with E-state index in [0.717, 1.165) is 31.1 Å². The number of unbranched alkanes of at least 4 members (excludes halogenated alkanes) is 1. The molecule has 0 spiro atoms. The molecule has 20 heavy (non-hydrogen) atoms. The zero-order chi connectivity index (χ0) is 15.3. The van der Waals surface area contributed by atoms with E-state index in [2.05, 4.69) is 4.72 Å². The highest BCUT2D eigenvalue weighted by molar-refractivity contribution is 7.92. The van der Waals surface area contributed by atoms with Crippen LogP contribution in [0, 0.1) is 0 Å². The number of primary amides is 1. The molecule has 0 fully saturated rings. The molecule has 7 heteroatoms. The number of anilines is 1. The lowest BCUT2D eigenvalue weighted by atomic mass is 10.0. The first-order chi connectivity index (χ1) is 9.28. The number of rotatable bonds is 7. The summed E-state index contributed by atoms with van der Waals surface area (Å²) < 4.78 is 30.3. The second-order valence-corrected chi connectivity index (χ2v) is 6.31. The number of benzene rings is 1. The Kier molecular flexibility index (Phi) is 5.38. The number of hydrogen-bond donors (Lipinski definition) is 2. The second kappa shape index (κ2) is 6.60. The molecule has 6 nitrogen and oxygen atoms in total. The van der Waals surface area contributed by atoms with Gasteiger partial charge in [-0.2, -0.15) is 0 Å². The van der Waals surface area contributed by atoms with Gasteiger partial charge in [0.05, 0.1) is 24.6 Å². The van der Waals surface area contributed by atoms with Crippen molar-refractivity contribution in [2.24, 2.45) is 5.73 Å². The molecule has 0 unspecified atom stereocenters. The fraction of sp³-hybridized carbons (Fsp3) is 0.462. The molecule has 0 aliphatic carbocycles. The largest absolute Gasteiger partial charge is 0.494 e. The Morgan fingerprint density at radius 3 is 2.50 bits per heavy atom. The highest BCUT2D eigenvalue weighted by Gasteiger charge is 2.17.